The first kappa shape index (κ1) is 13.1. The van der Waals surface area contributed by atoms with Gasteiger partial charge in [0.2, 0.25) is 0 Å². The van der Waals surface area contributed by atoms with Crippen molar-refractivity contribution >= 4 is 17.3 Å². The van der Waals surface area contributed by atoms with Crippen LogP contribution in [-0.4, -0.2) is 24.1 Å². The zero-order valence-electron chi connectivity index (χ0n) is 10.1. The van der Waals surface area contributed by atoms with Crippen molar-refractivity contribution in [2.45, 2.75) is 38.6 Å². The van der Waals surface area contributed by atoms with Gasteiger partial charge in [-0.15, -0.1) is 11.3 Å². The van der Waals surface area contributed by atoms with Gasteiger partial charge >= 0.3 is 5.97 Å². The van der Waals surface area contributed by atoms with Crippen LogP contribution >= 0.6 is 11.3 Å². The Morgan fingerprint density at radius 1 is 1.62 bits per heavy atom. The maximum atomic E-state index is 11.1. The summed E-state index contributed by atoms with van der Waals surface area (Å²) in [5.74, 6) is -0.398. The molecule has 5 heteroatoms. The molecular weight excluding hydrogens is 224 g/mol. The van der Waals surface area contributed by atoms with Gasteiger partial charge in [0.05, 0.1) is 17.8 Å². The molecule has 1 unspecified atom stereocenters. The van der Waals surface area contributed by atoms with E-state index in [1.165, 1.54) is 7.11 Å². The predicted molar refractivity (Wildman–Crippen MR) is 64.5 cm³/mol. The van der Waals surface area contributed by atoms with Crippen molar-refractivity contribution in [1.82, 2.24) is 4.98 Å². The smallest absolute Gasteiger partial charge is 0.323 e. The average molecular weight is 242 g/mol. The number of carbonyl (C=O) groups is 1. The third-order valence-corrected chi connectivity index (χ3v) is 3.44. The topological polar surface area (TPSA) is 65.2 Å². The Labute approximate surface area is 99.8 Å². The number of hydrogen-bond acceptors (Lipinski definition) is 5. The highest BCUT2D eigenvalue weighted by atomic mass is 32.1. The van der Waals surface area contributed by atoms with Crippen LogP contribution in [-0.2, 0) is 21.4 Å². The minimum Gasteiger partial charge on any atom is -0.468 e. The summed E-state index contributed by atoms with van der Waals surface area (Å²) >= 11 is 1.60. The van der Waals surface area contributed by atoms with E-state index in [-0.39, 0.29) is 5.41 Å². The van der Waals surface area contributed by atoms with Crippen molar-refractivity contribution in [2.75, 3.05) is 7.11 Å². The van der Waals surface area contributed by atoms with Gasteiger partial charge in [-0.2, -0.15) is 0 Å². The molecule has 0 aliphatic heterocycles. The Kier molecular flexibility index (Phi) is 4.04. The Morgan fingerprint density at radius 3 is 2.69 bits per heavy atom. The number of thiazole rings is 1. The van der Waals surface area contributed by atoms with Crippen LogP contribution in [0.1, 0.15) is 31.5 Å². The monoisotopic (exact) mass is 242 g/mol. The highest BCUT2D eigenvalue weighted by Crippen LogP contribution is 2.25. The number of carbonyl (C=O) groups excluding carboxylic acids is 1. The Balaban J connectivity index is 2.69. The van der Waals surface area contributed by atoms with Gasteiger partial charge in [-0.25, -0.2) is 4.98 Å². The first-order chi connectivity index (χ1) is 7.34. The molecule has 0 spiro atoms. The van der Waals surface area contributed by atoms with Crippen LogP contribution in [0.25, 0.3) is 0 Å². The summed E-state index contributed by atoms with van der Waals surface area (Å²) in [7, 11) is 1.34. The third-order valence-electron chi connectivity index (χ3n) is 2.13. The second-order valence-electron chi connectivity index (χ2n) is 4.73. The van der Waals surface area contributed by atoms with Crippen molar-refractivity contribution < 1.29 is 9.53 Å². The first-order valence-corrected chi connectivity index (χ1v) is 6.01. The van der Waals surface area contributed by atoms with Gasteiger partial charge in [0, 0.05) is 17.2 Å². The molecule has 2 N–H and O–H groups in total. The number of aromatic nitrogens is 1. The van der Waals surface area contributed by atoms with E-state index in [0.717, 1.165) is 10.7 Å². The number of esters is 1. The van der Waals surface area contributed by atoms with Crippen molar-refractivity contribution in [2.24, 2.45) is 5.73 Å². The van der Waals surface area contributed by atoms with E-state index in [9.17, 15) is 4.79 Å². The minimum absolute atomic E-state index is 0.0400. The molecule has 0 radical (unpaired) electrons. The lowest BCUT2D eigenvalue weighted by molar-refractivity contribution is -0.142. The fourth-order valence-electron chi connectivity index (χ4n) is 1.21. The van der Waals surface area contributed by atoms with Crippen LogP contribution in [0, 0.1) is 0 Å². The molecule has 1 aromatic rings. The minimum atomic E-state index is -0.625. The molecule has 1 atom stereocenters. The van der Waals surface area contributed by atoms with E-state index in [4.69, 9.17) is 5.73 Å². The van der Waals surface area contributed by atoms with Gasteiger partial charge < -0.3 is 10.5 Å². The van der Waals surface area contributed by atoms with E-state index in [1.807, 2.05) is 5.38 Å². The number of nitrogens with two attached hydrogens (primary N) is 1. The summed E-state index contributed by atoms with van der Waals surface area (Å²) in [5, 5.41) is 3.00. The van der Waals surface area contributed by atoms with Gasteiger partial charge in [0.15, 0.2) is 0 Å². The number of ether oxygens (including phenoxy) is 1. The third kappa shape index (κ3) is 3.28. The molecule has 1 heterocycles. The summed E-state index contributed by atoms with van der Waals surface area (Å²) in [4.78, 5) is 15.6. The van der Waals surface area contributed by atoms with E-state index in [1.54, 1.807) is 11.3 Å². The normalized spacial score (nSPS) is 13.6. The zero-order valence-corrected chi connectivity index (χ0v) is 10.9. The van der Waals surface area contributed by atoms with Crippen molar-refractivity contribution in [1.29, 1.82) is 0 Å². The Bertz CT molecular complexity index is 368. The van der Waals surface area contributed by atoms with E-state index in [2.05, 4.69) is 30.5 Å². The summed E-state index contributed by atoms with van der Waals surface area (Å²) in [6, 6.07) is -0.625. The lowest BCUT2D eigenvalue weighted by Crippen LogP contribution is -2.33. The standard InChI is InChI=1S/C11H18N2O2S/c1-11(2,3)10-13-7(6-16-10)5-8(12)9(14)15-4/h6,8H,5,12H2,1-4H3. The quantitative estimate of drug-likeness (QED) is 0.815. The molecule has 1 aromatic heterocycles. The molecule has 0 bridgehead atoms. The van der Waals surface area contributed by atoms with Crippen LogP contribution in [0.3, 0.4) is 0 Å². The molecule has 0 amide bonds. The highest BCUT2D eigenvalue weighted by molar-refractivity contribution is 7.09. The van der Waals surface area contributed by atoms with Crippen molar-refractivity contribution in [3.63, 3.8) is 0 Å². The number of rotatable bonds is 3. The van der Waals surface area contributed by atoms with Crippen molar-refractivity contribution in [3.8, 4) is 0 Å². The van der Waals surface area contributed by atoms with Crippen LogP contribution in [0.5, 0.6) is 0 Å². The highest BCUT2D eigenvalue weighted by Gasteiger charge is 2.20. The van der Waals surface area contributed by atoms with Gasteiger partial charge in [0.1, 0.15) is 6.04 Å². The number of hydrogen-bond donors (Lipinski definition) is 1. The predicted octanol–water partition coefficient (Wildman–Crippen LogP) is 1.48. The first-order valence-electron chi connectivity index (χ1n) is 5.13. The van der Waals surface area contributed by atoms with Gasteiger partial charge in [-0.05, 0) is 0 Å². The summed E-state index contributed by atoms with van der Waals surface area (Å²) in [6.45, 7) is 6.32. The Morgan fingerprint density at radius 2 is 2.25 bits per heavy atom. The molecule has 0 aliphatic rings. The van der Waals surface area contributed by atoms with Gasteiger partial charge in [-0.3, -0.25) is 4.79 Å². The molecular formula is C11H18N2O2S. The fraction of sp³-hybridized carbons (Fsp3) is 0.636. The summed E-state index contributed by atoms with van der Waals surface area (Å²) < 4.78 is 4.57. The second-order valence-corrected chi connectivity index (χ2v) is 5.59. The number of nitrogens with zero attached hydrogens (tertiary/aromatic N) is 1. The van der Waals surface area contributed by atoms with Crippen LogP contribution in [0.2, 0.25) is 0 Å². The number of methoxy groups -OCH3 is 1. The summed E-state index contributed by atoms with van der Waals surface area (Å²) in [6.07, 6.45) is 0.430. The average Bonchev–Trinajstić information content (AvgIpc) is 2.64. The Hall–Kier alpha value is -0.940. The molecule has 0 saturated heterocycles. The maximum Gasteiger partial charge on any atom is 0.323 e. The van der Waals surface area contributed by atoms with E-state index in [0.29, 0.717) is 6.42 Å². The summed E-state index contributed by atoms with van der Waals surface area (Å²) in [5.41, 5.74) is 6.56. The largest absolute Gasteiger partial charge is 0.468 e. The SMILES string of the molecule is COC(=O)C(N)Cc1csc(C(C)(C)C)n1. The lowest BCUT2D eigenvalue weighted by Gasteiger charge is -2.13. The molecule has 0 saturated carbocycles. The molecule has 16 heavy (non-hydrogen) atoms. The maximum absolute atomic E-state index is 11.1. The molecule has 0 fully saturated rings. The van der Waals surface area contributed by atoms with E-state index >= 15 is 0 Å². The fourth-order valence-corrected chi connectivity index (χ4v) is 2.13. The van der Waals surface area contributed by atoms with Gasteiger partial charge in [-0.1, -0.05) is 20.8 Å². The molecule has 90 valence electrons. The molecule has 0 aromatic carbocycles. The van der Waals surface area contributed by atoms with E-state index < -0.39 is 12.0 Å². The zero-order chi connectivity index (χ0) is 12.3. The van der Waals surface area contributed by atoms with Crippen LogP contribution < -0.4 is 5.73 Å². The van der Waals surface area contributed by atoms with Crippen LogP contribution in [0.15, 0.2) is 5.38 Å². The molecule has 4 nitrogen and oxygen atoms in total. The van der Waals surface area contributed by atoms with Crippen LogP contribution in [0.4, 0.5) is 0 Å². The molecule has 1 rings (SSSR count). The van der Waals surface area contributed by atoms with Gasteiger partial charge in [0.25, 0.3) is 0 Å². The molecule has 0 aliphatic carbocycles. The van der Waals surface area contributed by atoms with Crippen molar-refractivity contribution in [3.05, 3.63) is 16.1 Å². The second kappa shape index (κ2) is 4.93. The lowest BCUT2D eigenvalue weighted by atomic mass is 9.98.